The third kappa shape index (κ3) is 9.14. The van der Waals surface area contributed by atoms with E-state index in [9.17, 15) is 19.2 Å². The summed E-state index contributed by atoms with van der Waals surface area (Å²) in [5.74, 6) is -1.15. The van der Waals surface area contributed by atoms with E-state index >= 15 is 0 Å². The molecule has 0 aromatic rings. The molecule has 1 atom stereocenters. The smallest absolute Gasteiger partial charge is 0.434 e. The van der Waals surface area contributed by atoms with Gasteiger partial charge in [-0.1, -0.05) is 0 Å². The second-order valence-corrected chi connectivity index (χ2v) is 6.83. The van der Waals surface area contributed by atoms with Gasteiger partial charge in [0.1, 0.15) is 5.60 Å². The summed E-state index contributed by atoms with van der Waals surface area (Å²) in [6.07, 6.45) is -1.98. The summed E-state index contributed by atoms with van der Waals surface area (Å²) in [4.78, 5) is 55.2. The zero-order valence-corrected chi connectivity index (χ0v) is 16.0. The van der Waals surface area contributed by atoms with Crippen molar-refractivity contribution in [3.8, 4) is 0 Å². The third-order valence-corrected chi connectivity index (χ3v) is 3.20. The van der Waals surface area contributed by atoms with Gasteiger partial charge in [-0.2, -0.15) is 0 Å². The molecular weight excluding hydrogens is 376 g/mol. The quantitative estimate of drug-likeness (QED) is 0.156. The second-order valence-electron chi connectivity index (χ2n) is 6.83. The number of likely N-dealkylation sites (tertiary alicyclic amines) is 1. The fourth-order valence-electron chi connectivity index (χ4n) is 2.08. The first-order valence-electron chi connectivity index (χ1n) is 8.48. The summed E-state index contributed by atoms with van der Waals surface area (Å²) in [7, 11) is 0. The highest BCUT2D eigenvalue weighted by Gasteiger charge is 2.29. The van der Waals surface area contributed by atoms with Crippen LogP contribution in [0, 0.1) is 0 Å². The number of carboxylic acid groups (broad SMARTS) is 1. The van der Waals surface area contributed by atoms with Gasteiger partial charge in [-0.05, 0) is 27.2 Å². The number of nitrogens with two attached hydrogens (primary N) is 1. The number of amides is 4. The standard InChI is InChI=1S/C15H26N6O7/c1-15(2,3)28-14(26)19-12(18-13(24)25)20-27-7-5-17-10(22)8-21-6-4-9(16)11(21)23/h9H,4-8,16H2,1-3H3,(H,17,22)(H,24,25)(H2,18,19,20,26)/t9-/m0/s1. The monoisotopic (exact) mass is 402 g/mol. The van der Waals surface area contributed by atoms with Crippen LogP contribution in [0.15, 0.2) is 4.99 Å². The minimum atomic E-state index is -1.57. The molecule has 4 amide bonds. The maximum atomic E-state index is 11.8. The molecule has 0 spiro atoms. The lowest BCUT2D eigenvalue weighted by atomic mass is 10.2. The molecule has 0 aromatic carbocycles. The van der Waals surface area contributed by atoms with E-state index in [4.69, 9.17) is 20.4 Å². The number of nitrogens with zero attached hydrogens (tertiary/aromatic N) is 2. The summed E-state index contributed by atoms with van der Waals surface area (Å²) in [5, 5.41) is 13.3. The first-order valence-corrected chi connectivity index (χ1v) is 8.48. The number of nitrogens with one attached hydrogen (secondary N) is 3. The van der Waals surface area contributed by atoms with Gasteiger partial charge in [0.2, 0.25) is 17.8 Å². The Morgan fingerprint density at radius 2 is 2.04 bits per heavy atom. The number of hydrogen-bond acceptors (Lipinski definition) is 7. The molecule has 1 rings (SSSR count). The molecule has 0 aliphatic carbocycles. The van der Waals surface area contributed by atoms with E-state index in [0.29, 0.717) is 13.0 Å². The Kier molecular flexibility index (Phi) is 8.60. The number of ether oxygens (including phenoxy) is 1. The second kappa shape index (κ2) is 10.4. The highest BCUT2D eigenvalue weighted by molar-refractivity contribution is 5.98. The molecule has 0 saturated carbocycles. The Labute approximate surface area is 161 Å². The van der Waals surface area contributed by atoms with E-state index in [2.05, 4.69) is 21.1 Å². The number of hydroxylamine groups is 1. The largest absolute Gasteiger partial charge is 0.463 e. The number of alkyl carbamates (subject to hydrolysis) is 1. The van der Waals surface area contributed by atoms with Crippen LogP contribution in [0.25, 0.3) is 0 Å². The lowest BCUT2D eigenvalue weighted by molar-refractivity contribution is -0.133. The fraction of sp³-hybridized carbons (Fsp3) is 0.667. The van der Waals surface area contributed by atoms with Crippen LogP contribution in [0.5, 0.6) is 0 Å². The molecule has 1 aliphatic rings. The predicted molar refractivity (Wildman–Crippen MR) is 96.1 cm³/mol. The number of carbonyl (C=O) groups excluding carboxylic acids is 3. The molecule has 1 saturated heterocycles. The van der Waals surface area contributed by atoms with E-state index in [1.54, 1.807) is 20.8 Å². The average molecular weight is 402 g/mol. The molecule has 0 radical (unpaired) electrons. The van der Waals surface area contributed by atoms with Crippen molar-refractivity contribution in [2.75, 3.05) is 26.2 Å². The maximum Gasteiger partial charge on any atom is 0.434 e. The van der Waals surface area contributed by atoms with Gasteiger partial charge in [0.05, 0.1) is 19.2 Å². The minimum Gasteiger partial charge on any atom is -0.463 e. The van der Waals surface area contributed by atoms with E-state index in [-0.39, 0.29) is 25.6 Å². The normalized spacial score (nSPS) is 17.3. The number of guanidine groups is 1. The predicted octanol–water partition coefficient (Wildman–Crippen LogP) is -1.26. The molecule has 13 heteroatoms. The van der Waals surface area contributed by atoms with Gasteiger partial charge < -0.3 is 25.8 Å². The van der Waals surface area contributed by atoms with Crippen LogP contribution in [0.2, 0.25) is 0 Å². The van der Waals surface area contributed by atoms with Crippen molar-refractivity contribution in [1.29, 1.82) is 0 Å². The van der Waals surface area contributed by atoms with Crippen LogP contribution >= 0.6 is 0 Å². The van der Waals surface area contributed by atoms with Crippen LogP contribution < -0.4 is 21.8 Å². The van der Waals surface area contributed by atoms with Crippen LogP contribution in [0.1, 0.15) is 27.2 Å². The molecule has 0 unspecified atom stereocenters. The van der Waals surface area contributed by atoms with Crippen molar-refractivity contribution in [3.05, 3.63) is 0 Å². The Balaban J connectivity index is 2.32. The summed E-state index contributed by atoms with van der Waals surface area (Å²) >= 11 is 0. The number of hydrogen-bond donors (Lipinski definition) is 5. The molecule has 1 fully saturated rings. The van der Waals surface area contributed by atoms with Gasteiger partial charge in [-0.3, -0.25) is 19.7 Å². The number of carbonyl (C=O) groups is 4. The summed E-state index contributed by atoms with van der Waals surface area (Å²) in [6, 6.07) is -0.565. The zero-order valence-electron chi connectivity index (χ0n) is 16.0. The molecule has 0 bridgehead atoms. The van der Waals surface area contributed by atoms with Gasteiger partial charge >= 0.3 is 12.2 Å². The highest BCUT2D eigenvalue weighted by atomic mass is 16.6. The summed E-state index contributed by atoms with van der Waals surface area (Å²) in [5.41, 5.74) is 6.94. The van der Waals surface area contributed by atoms with Crippen molar-refractivity contribution >= 4 is 30.0 Å². The average Bonchev–Trinajstić information content (AvgIpc) is 2.84. The van der Waals surface area contributed by atoms with Crippen molar-refractivity contribution in [2.45, 2.75) is 38.8 Å². The molecule has 0 aromatic heterocycles. The number of aliphatic imine (C=N–C) groups is 1. The van der Waals surface area contributed by atoms with Gasteiger partial charge in [0.15, 0.2) is 0 Å². The lowest BCUT2D eigenvalue weighted by Crippen LogP contribution is -2.45. The Bertz CT molecular complexity index is 631. The first-order chi connectivity index (χ1) is 13.0. The molecule has 158 valence electrons. The Morgan fingerprint density at radius 1 is 1.36 bits per heavy atom. The van der Waals surface area contributed by atoms with E-state index in [0.717, 1.165) is 0 Å². The molecule has 6 N–H and O–H groups in total. The summed E-state index contributed by atoms with van der Waals surface area (Å²) in [6.45, 7) is 5.22. The molecule has 13 nitrogen and oxygen atoms in total. The van der Waals surface area contributed by atoms with Crippen LogP contribution in [0.4, 0.5) is 9.59 Å². The van der Waals surface area contributed by atoms with Crippen molar-refractivity contribution in [2.24, 2.45) is 10.7 Å². The first kappa shape index (κ1) is 23.1. The van der Waals surface area contributed by atoms with Gasteiger partial charge in [-0.15, -0.1) is 4.99 Å². The van der Waals surface area contributed by atoms with Crippen molar-refractivity contribution in [3.63, 3.8) is 0 Å². The maximum absolute atomic E-state index is 11.8. The number of rotatable bonds is 6. The van der Waals surface area contributed by atoms with E-state index in [1.807, 2.05) is 0 Å². The van der Waals surface area contributed by atoms with E-state index < -0.39 is 35.7 Å². The Hall–Kier alpha value is -2.93. The van der Waals surface area contributed by atoms with Gasteiger partial charge in [0.25, 0.3) is 0 Å². The third-order valence-electron chi connectivity index (χ3n) is 3.20. The van der Waals surface area contributed by atoms with Crippen LogP contribution in [-0.4, -0.2) is 77.9 Å². The van der Waals surface area contributed by atoms with E-state index in [1.165, 1.54) is 4.90 Å². The van der Waals surface area contributed by atoms with Gasteiger partial charge in [0, 0.05) is 13.1 Å². The van der Waals surface area contributed by atoms with Gasteiger partial charge in [-0.25, -0.2) is 15.1 Å². The minimum absolute atomic E-state index is 0.0622. The topological polar surface area (TPSA) is 185 Å². The molecular formula is C15H26N6O7. The molecule has 1 aliphatic heterocycles. The SMILES string of the molecule is CC(C)(C)OC(=O)NC(=NC(=O)O)NOCCNC(=O)CN1CC[C@H](N)C1=O. The van der Waals surface area contributed by atoms with Crippen molar-refractivity contribution < 1.29 is 33.9 Å². The van der Waals surface area contributed by atoms with Crippen molar-refractivity contribution in [1.82, 2.24) is 21.0 Å². The summed E-state index contributed by atoms with van der Waals surface area (Å²) < 4.78 is 4.97. The molecule has 1 heterocycles. The lowest BCUT2D eigenvalue weighted by Gasteiger charge is -2.20. The Morgan fingerprint density at radius 3 is 2.57 bits per heavy atom. The molecule has 28 heavy (non-hydrogen) atoms. The zero-order chi connectivity index (χ0) is 21.3. The van der Waals surface area contributed by atoms with Crippen LogP contribution in [-0.2, 0) is 19.2 Å². The van der Waals surface area contributed by atoms with Crippen LogP contribution in [0.3, 0.4) is 0 Å². The highest BCUT2D eigenvalue weighted by Crippen LogP contribution is 2.08. The fourth-order valence-corrected chi connectivity index (χ4v) is 2.08.